The molecule has 3 rings (SSSR count). The van der Waals surface area contributed by atoms with Gasteiger partial charge >= 0.3 is 0 Å². The molecule has 118 valence electrons. The third-order valence-electron chi connectivity index (χ3n) is 4.18. The van der Waals surface area contributed by atoms with Gasteiger partial charge in [0.05, 0.1) is 16.8 Å². The third kappa shape index (κ3) is 2.37. The minimum absolute atomic E-state index is 0.0603. The Kier molecular flexibility index (Phi) is 3.66. The highest BCUT2D eigenvalue weighted by Crippen LogP contribution is 2.32. The maximum Gasteiger partial charge on any atom is 0.132 e. The second-order valence-corrected chi connectivity index (χ2v) is 5.74. The summed E-state index contributed by atoms with van der Waals surface area (Å²) >= 11 is 0. The van der Waals surface area contributed by atoms with Crippen LogP contribution in [0.1, 0.15) is 18.4 Å². The molecule has 2 heterocycles. The van der Waals surface area contributed by atoms with Crippen molar-refractivity contribution in [2.45, 2.75) is 18.9 Å². The summed E-state index contributed by atoms with van der Waals surface area (Å²) in [5.74, 6) is 0.313. The highest BCUT2D eigenvalue weighted by molar-refractivity contribution is 6.14. The molecule has 6 nitrogen and oxygen atoms in total. The van der Waals surface area contributed by atoms with Crippen LogP contribution in [0.3, 0.4) is 0 Å². The zero-order valence-corrected chi connectivity index (χ0v) is 12.5. The van der Waals surface area contributed by atoms with Crippen molar-refractivity contribution in [3.63, 3.8) is 0 Å². The number of fused-ring (bicyclic) bond motifs is 1. The number of nitrogens with one attached hydrogen (secondary N) is 3. The number of likely N-dealkylation sites (tertiary alicyclic amines) is 1. The Bertz CT molecular complexity index is 722. The molecule has 1 saturated heterocycles. The van der Waals surface area contributed by atoms with Gasteiger partial charge in [0.1, 0.15) is 17.5 Å². The Balaban J connectivity index is 2.08. The molecule has 1 aromatic carbocycles. The fraction of sp³-hybridized carbons (Fsp3) is 0.400. The molecule has 7 N–H and O–H groups in total. The number of nitrogens with zero attached hydrogens (tertiary/aromatic N) is 1. The standard InChI is InChI=1S/C15H21FN6/c1-20-11-6-8(16)5-10-12(14(18)21-13(10)11)15(19)22-4-2-3-9(17)7-22/h5-6,9,19-21H,2-4,7,17-18H2,1H3. The quantitative estimate of drug-likeness (QED) is 0.430. The van der Waals surface area contributed by atoms with E-state index in [1.807, 2.05) is 4.90 Å². The van der Waals surface area contributed by atoms with Crippen molar-refractivity contribution in [2.75, 3.05) is 31.2 Å². The fourth-order valence-electron chi connectivity index (χ4n) is 3.10. The Labute approximate surface area is 128 Å². The van der Waals surface area contributed by atoms with Crippen molar-refractivity contribution < 1.29 is 4.39 Å². The van der Waals surface area contributed by atoms with Crippen molar-refractivity contribution in [1.82, 2.24) is 9.88 Å². The maximum atomic E-state index is 13.8. The summed E-state index contributed by atoms with van der Waals surface area (Å²) < 4.78 is 13.8. The van der Waals surface area contributed by atoms with E-state index >= 15 is 0 Å². The first-order valence-corrected chi connectivity index (χ1v) is 7.39. The molecule has 7 heteroatoms. The van der Waals surface area contributed by atoms with Crippen LogP contribution in [0.25, 0.3) is 10.9 Å². The molecule has 1 aromatic heterocycles. The molecule has 0 spiro atoms. The van der Waals surface area contributed by atoms with Gasteiger partial charge in [0.25, 0.3) is 0 Å². The predicted molar refractivity (Wildman–Crippen MR) is 87.8 cm³/mol. The second kappa shape index (κ2) is 5.49. The van der Waals surface area contributed by atoms with Crippen LogP contribution < -0.4 is 16.8 Å². The van der Waals surface area contributed by atoms with E-state index in [1.165, 1.54) is 12.1 Å². The van der Waals surface area contributed by atoms with Gasteiger partial charge < -0.3 is 26.7 Å². The molecule has 2 aromatic rings. The van der Waals surface area contributed by atoms with Crippen molar-refractivity contribution in [3.05, 3.63) is 23.5 Å². The normalized spacial score (nSPS) is 18.7. The molecule has 0 bridgehead atoms. The Morgan fingerprint density at radius 3 is 2.95 bits per heavy atom. The third-order valence-corrected chi connectivity index (χ3v) is 4.18. The van der Waals surface area contributed by atoms with E-state index in [1.54, 1.807) is 7.05 Å². The van der Waals surface area contributed by atoms with Crippen molar-refractivity contribution in [1.29, 1.82) is 5.41 Å². The van der Waals surface area contributed by atoms with Crippen LogP contribution in [-0.4, -0.2) is 41.9 Å². The number of aromatic amines is 1. The number of halogens is 1. The molecule has 1 aliphatic rings. The monoisotopic (exact) mass is 304 g/mol. The number of amidine groups is 1. The van der Waals surface area contributed by atoms with Gasteiger partial charge in [0.2, 0.25) is 0 Å². The minimum atomic E-state index is -0.361. The molecule has 1 atom stereocenters. The van der Waals surface area contributed by atoms with E-state index in [4.69, 9.17) is 16.9 Å². The highest BCUT2D eigenvalue weighted by atomic mass is 19.1. The number of H-pyrrole nitrogens is 1. The van der Waals surface area contributed by atoms with Crippen molar-refractivity contribution in [2.24, 2.45) is 5.73 Å². The summed E-state index contributed by atoms with van der Waals surface area (Å²) in [6.07, 6.45) is 1.91. The predicted octanol–water partition coefficient (Wildman–Crippen LogP) is 1.68. The summed E-state index contributed by atoms with van der Waals surface area (Å²) in [5, 5.41) is 12.0. The molecular weight excluding hydrogens is 283 g/mol. The minimum Gasteiger partial charge on any atom is -0.386 e. The Hall–Kier alpha value is -2.28. The topological polar surface area (TPSA) is 107 Å². The fourth-order valence-corrected chi connectivity index (χ4v) is 3.10. The molecule has 1 fully saturated rings. The molecule has 0 saturated carbocycles. The first-order valence-electron chi connectivity index (χ1n) is 7.39. The van der Waals surface area contributed by atoms with Crippen LogP contribution >= 0.6 is 0 Å². The lowest BCUT2D eigenvalue weighted by atomic mass is 10.0. The average Bonchev–Trinajstić information content (AvgIpc) is 2.81. The van der Waals surface area contributed by atoms with Gasteiger partial charge in [0, 0.05) is 31.6 Å². The number of nitrogen functional groups attached to an aromatic ring is 1. The number of aromatic nitrogens is 1. The lowest BCUT2D eigenvalue weighted by Gasteiger charge is -2.32. The van der Waals surface area contributed by atoms with Gasteiger partial charge in [-0.25, -0.2) is 4.39 Å². The molecule has 0 amide bonds. The molecular formula is C15H21FN6. The van der Waals surface area contributed by atoms with Crippen LogP contribution in [0.2, 0.25) is 0 Å². The highest BCUT2D eigenvalue weighted by Gasteiger charge is 2.24. The Morgan fingerprint density at radius 1 is 1.50 bits per heavy atom. The number of nitrogens with two attached hydrogens (primary N) is 2. The summed E-state index contributed by atoms with van der Waals surface area (Å²) in [6.45, 7) is 1.39. The van der Waals surface area contributed by atoms with Gasteiger partial charge in [-0.1, -0.05) is 0 Å². The maximum absolute atomic E-state index is 13.8. The lowest BCUT2D eigenvalue weighted by molar-refractivity contribution is 0.309. The van der Waals surface area contributed by atoms with E-state index in [0.29, 0.717) is 40.4 Å². The number of rotatable bonds is 2. The van der Waals surface area contributed by atoms with E-state index in [0.717, 1.165) is 19.4 Å². The smallest absolute Gasteiger partial charge is 0.132 e. The largest absolute Gasteiger partial charge is 0.386 e. The van der Waals surface area contributed by atoms with Crippen LogP contribution in [-0.2, 0) is 0 Å². The first-order chi connectivity index (χ1) is 10.5. The lowest BCUT2D eigenvalue weighted by Crippen LogP contribution is -2.45. The van der Waals surface area contributed by atoms with Crippen LogP contribution in [0, 0.1) is 11.2 Å². The summed E-state index contributed by atoms with van der Waals surface area (Å²) in [4.78, 5) is 4.97. The van der Waals surface area contributed by atoms with Gasteiger partial charge in [-0.2, -0.15) is 0 Å². The van der Waals surface area contributed by atoms with Gasteiger partial charge in [-0.05, 0) is 25.0 Å². The van der Waals surface area contributed by atoms with Crippen LogP contribution in [0.15, 0.2) is 12.1 Å². The number of hydrogen-bond acceptors (Lipinski definition) is 4. The SMILES string of the molecule is CNc1cc(F)cc2c(C(=N)N3CCCC(N)C3)c(N)[nH]c12. The average molecular weight is 304 g/mol. The molecule has 0 aliphatic carbocycles. The number of hydrogen-bond donors (Lipinski definition) is 5. The molecule has 0 radical (unpaired) electrons. The van der Waals surface area contributed by atoms with E-state index < -0.39 is 0 Å². The van der Waals surface area contributed by atoms with Crippen LogP contribution in [0.5, 0.6) is 0 Å². The summed E-state index contributed by atoms with van der Waals surface area (Å²) in [5.41, 5.74) is 13.9. The molecule has 22 heavy (non-hydrogen) atoms. The number of benzene rings is 1. The number of anilines is 2. The molecule has 1 unspecified atom stereocenters. The second-order valence-electron chi connectivity index (χ2n) is 5.74. The van der Waals surface area contributed by atoms with Gasteiger partial charge in [-0.15, -0.1) is 0 Å². The van der Waals surface area contributed by atoms with Crippen LogP contribution in [0.4, 0.5) is 15.9 Å². The molecule has 1 aliphatic heterocycles. The zero-order valence-electron chi connectivity index (χ0n) is 12.5. The summed E-state index contributed by atoms with van der Waals surface area (Å²) in [6, 6.07) is 2.88. The number of piperidine rings is 1. The van der Waals surface area contributed by atoms with E-state index in [2.05, 4.69) is 10.3 Å². The van der Waals surface area contributed by atoms with Gasteiger partial charge in [-0.3, -0.25) is 5.41 Å². The van der Waals surface area contributed by atoms with Crippen molar-refractivity contribution in [3.8, 4) is 0 Å². The van der Waals surface area contributed by atoms with E-state index in [-0.39, 0.29) is 11.9 Å². The van der Waals surface area contributed by atoms with Gasteiger partial charge in [0.15, 0.2) is 0 Å². The van der Waals surface area contributed by atoms with E-state index in [9.17, 15) is 4.39 Å². The summed E-state index contributed by atoms with van der Waals surface area (Å²) in [7, 11) is 1.72. The Morgan fingerprint density at radius 2 is 2.27 bits per heavy atom. The van der Waals surface area contributed by atoms with Crippen molar-refractivity contribution >= 4 is 28.2 Å². The first kappa shape index (κ1) is 14.6. The zero-order chi connectivity index (χ0) is 15.9.